The van der Waals surface area contributed by atoms with Crippen LogP contribution in [-0.2, 0) is 34.2 Å². The number of rotatable bonds is 15. The molecule has 0 saturated carbocycles. The van der Waals surface area contributed by atoms with Crippen LogP contribution in [-0.4, -0.2) is 65.1 Å². The monoisotopic (exact) mass is 905 g/mol. The van der Waals surface area contributed by atoms with Crippen molar-refractivity contribution >= 4 is 78.1 Å². The second kappa shape index (κ2) is 26.2. The minimum Gasteiger partial charge on any atom is -0.530 e. The summed E-state index contributed by atoms with van der Waals surface area (Å²) in [7, 11) is -7.77. The number of aryl methyl sites for hydroxylation is 2. The van der Waals surface area contributed by atoms with Gasteiger partial charge in [0.2, 0.25) is 0 Å². The van der Waals surface area contributed by atoms with Gasteiger partial charge in [0.15, 0.2) is 16.6 Å². The van der Waals surface area contributed by atoms with Crippen LogP contribution in [0.15, 0.2) is 101 Å². The molecule has 0 saturated heterocycles. The Morgan fingerprint density at radius 1 is 0.705 bits per heavy atom. The van der Waals surface area contributed by atoms with E-state index in [0.717, 1.165) is 39.0 Å². The number of thiophene rings is 2. The molecule has 1 radical (unpaired) electrons. The Morgan fingerprint density at radius 2 is 1.13 bits per heavy atom. The molecule has 323 valence electrons. The molecule has 0 unspecified atom stereocenters. The fourth-order valence-electron chi connectivity index (χ4n) is 4.51. The molecule has 4 heterocycles. The maximum Gasteiger partial charge on any atom is 1.00 e. The first-order valence-electron chi connectivity index (χ1n) is 19.0. The van der Waals surface area contributed by atoms with E-state index in [2.05, 4.69) is 23.8 Å². The molecule has 6 rings (SSSR count). The van der Waals surface area contributed by atoms with E-state index in [0.29, 0.717) is 22.8 Å². The smallest absolute Gasteiger partial charge is 0.530 e. The largest absolute Gasteiger partial charge is 1.00 e. The summed E-state index contributed by atoms with van der Waals surface area (Å²) < 4.78 is 82.2. The molecule has 4 aromatic heterocycles. The Morgan fingerprint density at radius 3 is 1.54 bits per heavy atom. The van der Waals surface area contributed by atoms with E-state index < -0.39 is 27.6 Å². The molecule has 0 fully saturated rings. The van der Waals surface area contributed by atoms with Crippen LogP contribution in [0.25, 0.3) is 20.2 Å². The van der Waals surface area contributed by atoms with E-state index in [1.54, 1.807) is 42.7 Å². The van der Waals surface area contributed by atoms with Gasteiger partial charge in [-0.15, -0.1) is 11.3 Å². The van der Waals surface area contributed by atoms with Crippen molar-refractivity contribution in [1.82, 2.24) is 9.97 Å². The van der Waals surface area contributed by atoms with Gasteiger partial charge in [-0.2, -0.15) is 23.3 Å². The average molecular weight is 906 g/mol. The van der Waals surface area contributed by atoms with Gasteiger partial charge in [-0.1, -0.05) is 60.1 Å². The fourth-order valence-corrected chi connectivity index (χ4v) is 8.20. The number of hydrogen-bond donors (Lipinski definition) is 1. The predicted octanol–water partition coefficient (Wildman–Crippen LogP) is 6.52. The average Bonchev–Trinajstić information content (AvgIpc) is 3.83. The van der Waals surface area contributed by atoms with Crippen LogP contribution >= 0.6 is 22.7 Å². The molecular weight excluding hydrogens is 853 g/mol. The van der Waals surface area contributed by atoms with Crippen LogP contribution in [0.4, 0.5) is 0 Å². The molecule has 0 aliphatic rings. The number of hydrogen-bond acceptors (Lipinski definition) is 15. The number of benzene rings is 2. The van der Waals surface area contributed by atoms with Crippen molar-refractivity contribution in [3.05, 3.63) is 109 Å². The predicted molar refractivity (Wildman–Crippen MR) is 241 cm³/mol. The Labute approximate surface area is 382 Å². The summed E-state index contributed by atoms with van der Waals surface area (Å²) in [5.74, 6) is 0.374. The third-order valence-corrected chi connectivity index (χ3v) is 11.9. The molecule has 61 heavy (non-hydrogen) atoms. The molecule has 0 aliphatic carbocycles. The van der Waals surface area contributed by atoms with E-state index >= 15 is 0 Å². The van der Waals surface area contributed by atoms with Gasteiger partial charge < -0.3 is 38.9 Å². The third kappa shape index (κ3) is 18.0. The van der Waals surface area contributed by atoms with Crippen molar-refractivity contribution in [3.63, 3.8) is 0 Å². The van der Waals surface area contributed by atoms with E-state index in [-0.39, 0.29) is 58.5 Å². The van der Waals surface area contributed by atoms with Crippen molar-refractivity contribution in [3.8, 4) is 16.6 Å². The van der Waals surface area contributed by atoms with E-state index in [1.807, 2.05) is 66.8 Å². The van der Waals surface area contributed by atoms with Crippen molar-refractivity contribution < 1.29 is 67.7 Å². The van der Waals surface area contributed by atoms with Gasteiger partial charge in [-0.05, 0) is 97.2 Å². The summed E-state index contributed by atoms with van der Waals surface area (Å²) in [4.78, 5) is 8.16. The van der Waals surface area contributed by atoms with Gasteiger partial charge in [-0.25, -0.2) is 0 Å². The molecule has 13 nitrogen and oxygen atoms in total. The van der Waals surface area contributed by atoms with Crippen LogP contribution < -0.4 is 31.9 Å². The normalized spacial score (nSPS) is 11.1. The molecule has 0 bridgehead atoms. The zero-order valence-corrected chi connectivity index (χ0v) is 39.5. The molecule has 6 aromatic rings. The van der Waals surface area contributed by atoms with Crippen LogP contribution in [0.3, 0.4) is 0 Å². The fraction of sp³-hybridized carbons (Fsp3) is 0.341. The zero-order chi connectivity index (χ0) is 44.5. The van der Waals surface area contributed by atoms with Crippen LogP contribution in [0, 0.1) is 20.8 Å². The summed E-state index contributed by atoms with van der Waals surface area (Å²) >= 11 is 2.57. The van der Waals surface area contributed by atoms with Crippen molar-refractivity contribution in [2.75, 3.05) is 0 Å². The molecule has 20 heteroatoms. The van der Waals surface area contributed by atoms with Crippen molar-refractivity contribution in [1.29, 1.82) is 0 Å². The Balaban J connectivity index is 0.000000309. The van der Waals surface area contributed by atoms with Crippen molar-refractivity contribution in [2.45, 2.75) is 103 Å². The van der Waals surface area contributed by atoms with E-state index in [1.165, 1.54) is 54.4 Å². The Kier molecular flexibility index (Phi) is 23.1. The standard InChI is InChI=1S/C14H11BNO5S2.C14H11NO3S2.C9H21BO3.C4H9.Li/c1-9-2-4-11(5-3-9)23(18,19)21-12-8-16-7-10-6-13(20-15-17)22-14(10)12;1-10-2-4-12(5-3-10)20(16,17)18-13-9-15-8-11-6-7-19-14(11)13;1-7(2)11-10(12-8(3)4)13-9(5)6;1-3-4-2;/h2-8,17H,1H3;2-9H,1H3;7-9H,1-6H3;1,3-4H2,2H3;/q;;;-1;+1. The Hall–Kier alpha value is -3.47. The summed E-state index contributed by atoms with van der Waals surface area (Å²) in [6, 6.07) is 16.4. The maximum absolute atomic E-state index is 12.4. The molecule has 0 spiro atoms. The number of fused-ring (bicyclic) bond motifs is 2. The molecule has 1 N–H and O–H groups in total. The number of aromatic nitrogens is 2. The van der Waals surface area contributed by atoms with Gasteiger partial charge in [0.1, 0.15) is 9.79 Å². The molecule has 2 aromatic carbocycles. The SMILES string of the molecule is CC(C)OB(OC(C)C)OC(C)C.Cc1ccc(S(=O)(=O)Oc2cncc3cc(O[B]O)sc23)cc1.Cc1ccc(S(=O)(=O)Oc2cncc3ccsc23)cc1.[CH2-]CCC.[Li+]. The van der Waals surface area contributed by atoms with E-state index in [9.17, 15) is 16.8 Å². The minimum absolute atomic E-state index is 0. The second-order valence-electron chi connectivity index (χ2n) is 13.7. The number of nitrogens with zero attached hydrogens (tertiary/aromatic N) is 2. The van der Waals surface area contributed by atoms with Gasteiger partial charge >= 0.3 is 54.1 Å². The van der Waals surface area contributed by atoms with Crippen LogP contribution in [0.5, 0.6) is 16.6 Å². The van der Waals surface area contributed by atoms with Crippen molar-refractivity contribution in [2.24, 2.45) is 0 Å². The molecule has 0 amide bonds. The molecular formula is C41H52B2LiN2O11S4. The molecule has 0 aliphatic heterocycles. The first-order valence-corrected chi connectivity index (χ1v) is 23.5. The van der Waals surface area contributed by atoms with E-state index in [4.69, 9.17) is 32.0 Å². The summed E-state index contributed by atoms with van der Waals surface area (Å²) in [6.07, 6.45) is 8.60. The summed E-state index contributed by atoms with van der Waals surface area (Å²) in [6.45, 7) is 21.2. The summed E-state index contributed by atoms with van der Waals surface area (Å²) in [5.41, 5.74) is 1.94. The van der Waals surface area contributed by atoms with Gasteiger partial charge in [0, 0.05) is 41.5 Å². The number of pyridine rings is 2. The summed E-state index contributed by atoms with van der Waals surface area (Å²) in [5, 5.41) is 12.5. The minimum atomic E-state index is -3.96. The Bertz CT molecular complexity index is 2390. The third-order valence-electron chi connectivity index (χ3n) is 7.38. The first kappa shape index (κ1) is 53.7. The second-order valence-corrected chi connectivity index (χ2v) is 18.7. The maximum atomic E-state index is 12.4. The van der Waals surface area contributed by atoms with Crippen LogP contribution in [0.2, 0.25) is 0 Å². The van der Waals surface area contributed by atoms with Crippen LogP contribution in [0.1, 0.15) is 72.4 Å². The topological polar surface area (TPSA) is 170 Å². The quantitative estimate of drug-likeness (QED) is 0.0672. The molecule has 0 atom stereocenters. The zero-order valence-electron chi connectivity index (χ0n) is 36.2. The van der Waals surface area contributed by atoms with Gasteiger partial charge in [-0.3, -0.25) is 9.97 Å². The first-order chi connectivity index (χ1) is 28.4. The van der Waals surface area contributed by atoms with Gasteiger partial charge in [0.25, 0.3) is 0 Å². The van der Waals surface area contributed by atoms with Gasteiger partial charge in [0.05, 0.1) is 21.8 Å². The number of unbranched alkanes of at least 4 members (excludes halogenated alkanes) is 1.